The Balaban J connectivity index is 2.28. The Labute approximate surface area is 61.0 Å². The van der Waals surface area contributed by atoms with Crippen LogP contribution in [0.3, 0.4) is 0 Å². The summed E-state index contributed by atoms with van der Waals surface area (Å²) in [4.78, 5) is 0. The molecule has 1 saturated carbocycles. The third-order valence-electron chi connectivity index (χ3n) is 2.80. The fraction of sp³-hybridized carbons (Fsp3) is 0.750. The molecule has 2 N–H and O–H groups in total. The fourth-order valence-corrected chi connectivity index (χ4v) is 2.11. The summed E-state index contributed by atoms with van der Waals surface area (Å²) < 4.78 is 5.39. The van der Waals surface area contributed by atoms with Crippen LogP contribution in [-0.4, -0.2) is 18.8 Å². The molecule has 0 unspecified atom stereocenters. The Morgan fingerprint density at radius 2 is 2.50 bits per heavy atom. The molecule has 2 rings (SSSR count). The van der Waals surface area contributed by atoms with E-state index in [-0.39, 0.29) is 11.6 Å². The molecule has 0 aromatic heterocycles. The lowest BCUT2D eigenvalue weighted by Gasteiger charge is -2.27. The number of nitrogens with two attached hydrogens (primary N) is 1. The van der Waals surface area contributed by atoms with Gasteiger partial charge in [-0.25, -0.2) is 0 Å². The number of ether oxygens (including phenoxy) is 1. The van der Waals surface area contributed by atoms with E-state index in [4.69, 9.17) is 10.5 Å². The maximum Gasteiger partial charge on any atom is 0.101 e. The van der Waals surface area contributed by atoms with Gasteiger partial charge in [0.05, 0.1) is 0 Å². The van der Waals surface area contributed by atoms with Crippen LogP contribution in [0.25, 0.3) is 0 Å². The fourth-order valence-electron chi connectivity index (χ4n) is 2.11. The first-order valence-corrected chi connectivity index (χ1v) is 3.77. The number of allylic oxidation sites excluding steroid dienone is 1. The number of hydrogen-bond acceptors (Lipinski definition) is 2. The highest BCUT2D eigenvalue weighted by Gasteiger charge is 2.47. The van der Waals surface area contributed by atoms with Gasteiger partial charge in [-0.15, -0.1) is 0 Å². The van der Waals surface area contributed by atoms with Gasteiger partial charge in [0.25, 0.3) is 0 Å². The summed E-state index contributed by atoms with van der Waals surface area (Å²) in [6, 6.07) is 0.229. The van der Waals surface area contributed by atoms with Crippen molar-refractivity contribution in [1.82, 2.24) is 0 Å². The number of rotatable bonds is 1. The van der Waals surface area contributed by atoms with Gasteiger partial charge in [-0.1, -0.05) is 12.2 Å². The van der Waals surface area contributed by atoms with Gasteiger partial charge in [-0.2, -0.15) is 0 Å². The predicted molar refractivity (Wildman–Crippen MR) is 39.6 cm³/mol. The third-order valence-corrected chi connectivity index (χ3v) is 2.80. The van der Waals surface area contributed by atoms with E-state index in [0.717, 1.165) is 12.8 Å². The van der Waals surface area contributed by atoms with Gasteiger partial charge in [-0.05, 0) is 18.8 Å². The smallest absolute Gasteiger partial charge is 0.101 e. The molecular formula is C8H13NO. The maximum atomic E-state index is 5.89. The molecule has 56 valence electrons. The van der Waals surface area contributed by atoms with Gasteiger partial charge < -0.3 is 10.5 Å². The van der Waals surface area contributed by atoms with Crippen LogP contribution in [0.1, 0.15) is 12.8 Å². The molecule has 0 aliphatic heterocycles. The Bertz CT molecular complexity index is 178. The van der Waals surface area contributed by atoms with Crippen molar-refractivity contribution >= 4 is 0 Å². The molecule has 2 aliphatic rings. The lowest BCUT2D eigenvalue weighted by Crippen LogP contribution is -2.43. The topological polar surface area (TPSA) is 35.2 Å². The van der Waals surface area contributed by atoms with Gasteiger partial charge in [0.1, 0.15) is 5.60 Å². The van der Waals surface area contributed by atoms with Crippen molar-refractivity contribution in [2.45, 2.75) is 24.5 Å². The van der Waals surface area contributed by atoms with Crippen LogP contribution >= 0.6 is 0 Å². The molecule has 0 amide bonds. The largest absolute Gasteiger partial charge is 0.373 e. The summed E-state index contributed by atoms with van der Waals surface area (Å²) >= 11 is 0. The standard InChI is InChI=1S/C8H13NO/c1-10-8-3-2-6(5-8)4-7(8)9/h2-3,6-7H,4-5,9H2,1H3/t6-,7+,8+/m1/s1. The Hall–Kier alpha value is -0.340. The molecule has 1 fully saturated rings. The van der Waals surface area contributed by atoms with Gasteiger partial charge in [-0.3, -0.25) is 0 Å². The molecular weight excluding hydrogens is 126 g/mol. The average Bonchev–Trinajstić information content (AvgIpc) is 2.44. The summed E-state index contributed by atoms with van der Waals surface area (Å²) in [5.74, 6) is 0.690. The molecule has 0 aromatic carbocycles. The molecule has 0 spiro atoms. The lowest BCUT2D eigenvalue weighted by molar-refractivity contribution is 0.0283. The van der Waals surface area contributed by atoms with E-state index in [2.05, 4.69) is 12.2 Å². The van der Waals surface area contributed by atoms with Gasteiger partial charge >= 0.3 is 0 Å². The number of fused-ring (bicyclic) bond motifs is 2. The normalized spacial score (nSPS) is 50.6. The minimum atomic E-state index is -0.0926. The Morgan fingerprint density at radius 3 is 2.80 bits per heavy atom. The predicted octanol–water partition coefficient (Wildman–Crippen LogP) is 0.679. The second-order valence-corrected chi connectivity index (χ2v) is 3.32. The first-order chi connectivity index (χ1) is 4.77. The van der Waals surface area contributed by atoms with E-state index in [9.17, 15) is 0 Å². The van der Waals surface area contributed by atoms with Gasteiger partial charge in [0.15, 0.2) is 0 Å². The van der Waals surface area contributed by atoms with Crippen molar-refractivity contribution < 1.29 is 4.74 Å². The molecule has 2 heteroatoms. The first kappa shape index (κ1) is 6.38. The van der Waals surface area contributed by atoms with Crippen molar-refractivity contribution in [3.63, 3.8) is 0 Å². The zero-order chi connectivity index (χ0) is 7.19. The second-order valence-electron chi connectivity index (χ2n) is 3.32. The van der Waals surface area contributed by atoms with E-state index >= 15 is 0 Å². The van der Waals surface area contributed by atoms with Crippen LogP contribution in [0, 0.1) is 5.92 Å². The summed E-state index contributed by atoms with van der Waals surface area (Å²) in [6.45, 7) is 0. The van der Waals surface area contributed by atoms with E-state index in [1.165, 1.54) is 0 Å². The highest BCUT2D eigenvalue weighted by molar-refractivity contribution is 5.23. The van der Waals surface area contributed by atoms with Gasteiger partial charge in [0.2, 0.25) is 0 Å². The number of methoxy groups -OCH3 is 1. The molecule has 2 bridgehead atoms. The highest BCUT2D eigenvalue weighted by Crippen LogP contribution is 2.43. The number of hydrogen-bond donors (Lipinski definition) is 1. The minimum Gasteiger partial charge on any atom is -0.373 e. The van der Waals surface area contributed by atoms with E-state index < -0.39 is 0 Å². The maximum absolute atomic E-state index is 5.89. The van der Waals surface area contributed by atoms with Crippen molar-refractivity contribution in [3.8, 4) is 0 Å². The quantitative estimate of drug-likeness (QED) is 0.542. The van der Waals surface area contributed by atoms with E-state index in [1.54, 1.807) is 7.11 Å². The van der Waals surface area contributed by atoms with Crippen LogP contribution in [0.15, 0.2) is 12.2 Å². The molecule has 0 heterocycles. The summed E-state index contributed by atoms with van der Waals surface area (Å²) in [5, 5.41) is 0. The molecule has 0 saturated heterocycles. The monoisotopic (exact) mass is 139 g/mol. The third kappa shape index (κ3) is 0.607. The molecule has 2 nitrogen and oxygen atoms in total. The van der Waals surface area contributed by atoms with Crippen LogP contribution in [0.2, 0.25) is 0 Å². The van der Waals surface area contributed by atoms with Crippen LogP contribution < -0.4 is 5.73 Å². The molecule has 3 atom stereocenters. The van der Waals surface area contributed by atoms with Crippen molar-refractivity contribution in [2.75, 3.05) is 7.11 Å². The highest BCUT2D eigenvalue weighted by atomic mass is 16.5. The van der Waals surface area contributed by atoms with Crippen molar-refractivity contribution in [1.29, 1.82) is 0 Å². The van der Waals surface area contributed by atoms with Crippen molar-refractivity contribution in [3.05, 3.63) is 12.2 Å². The van der Waals surface area contributed by atoms with E-state index in [1.807, 2.05) is 0 Å². The first-order valence-electron chi connectivity index (χ1n) is 3.77. The van der Waals surface area contributed by atoms with Crippen LogP contribution in [0.5, 0.6) is 0 Å². The van der Waals surface area contributed by atoms with Crippen LogP contribution in [-0.2, 0) is 4.74 Å². The van der Waals surface area contributed by atoms with Crippen molar-refractivity contribution in [2.24, 2.45) is 11.7 Å². The van der Waals surface area contributed by atoms with Gasteiger partial charge in [0, 0.05) is 13.2 Å². The molecule has 0 aromatic rings. The summed E-state index contributed by atoms with van der Waals surface area (Å²) in [6.07, 6.45) is 6.56. The Morgan fingerprint density at radius 1 is 1.70 bits per heavy atom. The zero-order valence-electron chi connectivity index (χ0n) is 6.21. The molecule has 0 radical (unpaired) electrons. The molecule has 10 heavy (non-hydrogen) atoms. The zero-order valence-corrected chi connectivity index (χ0v) is 6.21. The minimum absolute atomic E-state index is 0.0926. The lowest BCUT2D eigenvalue weighted by atomic mass is 9.98. The summed E-state index contributed by atoms with van der Waals surface area (Å²) in [7, 11) is 1.75. The second kappa shape index (κ2) is 1.83. The summed E-state index contributed by atoms with van der Waals surface area (Å²) in [5.41, 5.74) is 5.80. The molecule has 2 aliphatic carbocycles. The SMILES string of the molecule is CO[C@]12C=C[C@H](C[C@@H]1N)C2. The average molecular weight is 139 g/mol. The van der Waals surface area contributed by atoms with E-state index in [0.29, 0.717) is 5.92 Å². The van der Waals surface area contributed by atoms with Crippen LogP contribution in [0.4, 0.5) is 0 Å². The Kier molecular flexibility index (Phi) is 1.17.